The molecule has 0 aliphatic carbocycles. The summed E-state index contributed by atoms with van der Waals surface area (Å²) in [5.74, 6) is -0.0507. The lowest BCUT2D eigenvalue weighted by atomic mass is 10.3. The fourth-order valence-corrected chi connectivity index (χ4v) is 1.96. The van der Waals surface area contributed by atoms with Crippen molar-refractivity contribution in [3.63, 3.8) is 0 Å². The number of hydrogen-bond acceptors (Lipinski definition) is 5. The lowest BCUT2D eigenvalue weighted by Crippen LogP contribution is -2.46. The fraction of sp³-hybridized carbons (Fsp3) is 0.500. The molecular weight excluding hydrogens is 200 g/mol. The molecule has 1 aliphatic rings. The Morgan fingerprint density at radius 2 is 2.29 bits per heavy atom. The summed E-state index contributed by atoms with van der Waals surface area (Å²) in [4.78, 5) is 17.6. The molecule has 2 rings (SSSR count). The first-order valence-corrected chi connectivity index (χ1v) is 5.36. The molecule has 6 heteroatoms. The number of carbonyl (C=O) groups is 1. The van der Waals surface area contributed by atoms with E-state index in [0.29, 0.717) is 10.7 Å². The SMILES string of the molecule is Nc1scnc1C(=O)N1CCNCC1. The molecule has 14 heavy (non-hydrogen) atoms. The van der Waals surface area contributed by atoms with E-state index in [2.05, 4.69) is 10.3 Å². The number of nitrogens with zero attached hydrogens (tertiary/aromatic N) is 2. The summed E-state index contributed by atoms with van der Waals surface area (Å²) in [5.41, 5.74) is 7.64. The van der Waals surface area contributed by atoms with E-state index < -0.39 is 0 Å². The first kappa shape index (κ1) is 9.42. The normalized spacial score (nSPS) is 17.0. The summed E-state index contributed by atoms with van der Waals surface area (Å²) in [5, 5.41) is 3.69. The van der Waals surface area contributed by atoms with Crippen molar-refractivity contribution in [2.45, 2.75) is 0 Å². The highest BCUT2D eigenvalue weighted by atomic mass is 32.1. The predicted octanol–water partition coefficient (Wildman–Crippen LogP) is -0.229. The largest absolute Gasteiger partial charge is 0.389 e. The fourth-order valence-electron chi connectivity index (χ4n) is 1.43. The Morgan fingerprint density at radius 1 is 1.57 bits per heavy atom. The van der Waals surface area contributed by atoms with Crippen molar-refractivity contribution in [2.75, 3.05) is 31.9 Å². The van der Waals surface area contributed by atoms with Crippen LogP contribution in [-0.2, 0) is 0 Å². The van der Waals surface area contributed by atoms with Crippen LogP contribution in [-0.4, -0.2) is 42.0 Å². The lowest BCUT2D eigenvalue weighted by Gasteiger charge is -2.26. The van der Waals surface area contributed by atoms with Gasteiger partial charge in [0.15, 0.2) is 5.69 Å². The molecule has 1 fully saturated rings. The molecule has 1 aromatic heterocycles. The molecule has 1 aromatic rings. The molecule has 3 N–H and O–H groups in total. The number of hydrogen-bond donors (Lipinski definition) is 2. The standard InChI is InChI=1S/C8H12N4OS/c9-7-6(11-5-14-7)8(13)12-3-1-10-2-4-12/h5,10H,1-4,9H2. The average Bonchev–Trinajstić information content (AvgIpc) is 2.65. The third-order valence-electron chi connectivity index (χ3n) is 2.20. The molecule has 2 heterocycles. The van der Waals surface area contributed by atoms with Crippen LogP contribution in [0.3, 0.4) is 0 Å². The maximum atomic E-state index is 11.8. The van der Waals surface area contributed by atoms with Gasteiger partial charge in [0.25, 0.3) is 5.91 Å². The van der Waals surface area contributed by atoms with Gasteiger partial charge in [0, 0.05) is 26.2 Å². The number of piperazine rings is 1. The van der Waals surface area contributed by atoms with Gasteiger partial charge in [0.05, 0.1) is 5.51 Å². The van der Waals surface area contributed by atoms with Gasteiger partial charge in [-0.05, 0) is 0 Å². The summed E-state index contributed by atoms with van der Waals surface area (Å²) in [7, 11) is 0. The highest BCUT2D eigenvalue weighted by molar-refractivity contribution is 7.14. The second-order valence-electron chi connectivity index (χ2n) is 3.11. The number of anilines is 1. The van der Waals surface area contributed by atoms with Crippen LogP contribution in [0, 0.1) is 0 Å². The maximum absolute atomic E-state index is 11.8. The first-order valence-electron chi connectivity index (χ1n) is 4.48. The molecule has 0 aromatic carbocycles. The maximum Gasteiger partial charge on any atom is 0.275 e. The minimum atomic E-state index is -0.0507. The van der Waals surface area contributed by atoms with Gasteiger partial charge in [-0.1, -0.05) is 0 Å². The summed E-state index contributed by atoms with van der Waals surface area (Å²) in [6, 6.07) is 0. The molecule has 0 spiro atoms. The van der Waals surface area contributed by atoms with Crippen molar-refractivity contribution >= 4 is 22.2 Å². The van der Waals surface area contributed by atoms with Crippen LogP contribution in [0.2, 0.25) is 0 Å². The number of rotatable bonds is 1. The number of nitrogen functional groups attached to an aromatic ring is 1. The quantitative estimate of drug-likeness (QED) is 0.674. The van der Waals surface area contributed by atoms with Crippen LogP contribution in [0.1, 0.15) is 10.5 Å². The first-order chi connectivity index (χ1) is 6.79. The Morgan fingerprint density at radius 3 is 2.86 bits per heavy atom. The van der Waals surface area contributed by atoms with Crippen molar-refractivity contribution in [2.24, 2.45) is 0 Å². The van der Waals surface area contributed by atoms with Crippen LogP contribution in [0.5, 0.6) is 0 Å². The van der Waals surface area contributed by atoms with Crippen LogP contribution in [0.15, 0.2) is 5.51 Å². The molecule has 1 saturated heterocycles. The number of aromatic nitrogens is 1. The summed E-state index contributed by atoms with van der Waals surface area (Å²) in [6.07, 6.45) is 0. The zero-order valence-electron chi connectivity index (χ0n) is 7.69. The topological polar surface area (TPSA) is 71.2 Å². The molecule has 0 radical (unpaired) electrons. The van der Waals surface area contributed by atoms with E-state index >= 15 is 0 Å². The highest BCUT2D eigenvalue weighted by Gasteiger charge is 2.21. The minimum absolute atomic E-state index is 0.0507. The Hall–Kier alpha value is -1.14. The van der Waals surface area contributed by atoms with Gasteiger partial charge in [-0.3, -0.25) is 4.79 Å². The molecule has 0 unspecified atom stereocenters. The second-order valence-corrected chi connectivity index (χ2v) is 3.99. The van der Waals surface area contributed by atoms with Crippen molar-refractivity contribution in [3.05, 3.63) is 11.2 Å². The molecule has 0 atom stereocenters. The molecule has 1 aliphatic heterocycles. The molecule has 1 amide bonds. The van der Waals surface area contributed by atoms with Crippen molar-refractivity contribution in [3.8, 4) is 0 Å². The Bertz CT molecular complexity index is 332. The Balaban J connectivity index is 2.11. The molecule has 76 valence electrons. The van der Waals surface area contributed by atoms with E-state index in [9.17, 15) is 4.79 Å². The van der Waals surface area contributed by atoms with E-state index in [1.807, 2.05) is 0 Å². The number of amides is 1. The van der Waals surface area contributed by atoms with Crippen LogP contribution in [0.4, 0.5) is 5.00 Å². The highest BCUT2D eigenvalue weighted by Crippen LogP contribution is 2.17. The predicted molar refractivity (Wildman–Crippen MR) is 55.3 cm³/mol. The van der Waals surface area contributed by atoms with E-state index in [0.717, 1.165) is 26.2 Å². The van der Waals surface area contributed by atoms with Gasteiger partial charge < -0.3 is 16.0 Å². The summed E-state index contributed by atoms with van der Waals surface area (Å²) >= 11 is 1.30. The molecule has 0 saturated carbocycles. The van der Waals surface area contributed by atoms with E-state index in [1.165, 1.54) is 11.3 Å². The summed E-state index contributed by atoms with van der Waals surface area (Å²) in [6.45, 7) is 3.15. The number of carbonyl (C=O) groups excluding carboxylic acids is 1. The molecular formula is C8H12N4OS. The van der Waals surface area contributed by atoms with Gasteiger partial charge in [-0.25, -0.2) is 4.98 Å². The average molecular weight is 212 g/mol. The van der Waals surface area contributed by atoms with E-state index in [4.69, 9.17) is 5.73 Å². The molecule has 5 nitrogen and oxygen atoms in total. The smallest absolute Gasteiger partial charge is 0.275 e. The van der Waals surface area contributed by atoms with Crippen LogP contribution < -0.4 is 11.1 Å². The van der Waals surface area contributed by atoms with Gasteiger partial charge >= 0.3 is 0 Å². The van der Waals surface area contributed by atoms with Gasteiger partial charge in [0.1, 0.15) is 5.00 Å². The Labute approximate surface area is 85.9 Å². The van der Waals surface area contributed by atoms with Crippen LogP contribution in [0.25, 0.3) is 0 Å². The molecule has 0 bridgehead atoms. The van der Waals surface area contributed by atoms with Crippen LogP contribution >= 0.6 is 11.3 Å². The van der Waals surface area contributed by atoms with Gasteiger partial charge in [-0.2, -0.15) is 0 Å². The minimum Gasteiger partial charge on any atom is -0.389 e. The number of nitrogens with two attached hydrogens (primary N) is 1. The zero-order valence-corrected chi connectivity index (χ0v) is 8.51. The number of nitrogens with one attached hydrogen (secondary N) is 1. The Kier molecular flexibility index (Phi) is 2.64. The van der Waals surface area contributed by atoms with E-state index in [1.54, 1.807) is 10.4 Å². The van der Waals surface area contributed by atoms with Gasteiger partial charge in [-0.15, -0.1) is 11.3 Å². The van der Waals surface area contributed by atoms with Crippen molar-refractivity contribution < 1.29 is 4.79 Å². The second kappa shape index (κ2) is 3.93. The van der Waals surface area contributed by atoms with E-state index in [-0.39, 0.29) is 5.91 Å². The monoisotopic (exact) mass is 212 g/mol. The third kappa shape index (κ3) is 1.71. The zero-order chi connectivity index (χ0) is 9.97. The van der Waals surface area contributed by atoms with Crippen molar-refractivity contribution in [1.82, 2.24) is 15.2 Å². The number of thiazole rings is 1. The lowest BCUT2D eigenvalue weighted by molar-refractivity contribution is 0.0732. The van der Waals surface area contributed by atoms with Gasteiger partial charge in [0.2, 0.25) is 0 Å². The van der Waals surface area contributed by atoms with Crippen molar-refractivity contribution in [1.29, 1.82) is 0 Å². The summed E-state index contributed by atoms with van der Waals surface area (Å²) < 4.78 is 0. The third-order valence-corrected chi connectivity index (χ3v) is 2.86.